The first kappa shape index (κ1) is 28.6. The highest BCUT2D eigenvalue weighted by molar-refractivity contribution is 6.30. The number of nitrogen functional groups attached to an aromatic ring is 1. The van der Waals surface area contributed by atoms with E-state index in [1.807, 2.05) is 85.3 Å². The number of hydrogen-bond donors (Lipinski definition) is 2. The summed E-state index contributed by atoms with van der Waals surface area (Å²) in [6.07, 6.45) is 0.750. The molecule has 0 spiro atoms. The number of anilines is 1. The molecule has 1 aliphatic rings. The summed E-state index contributed by atoms with van der Waals surface area (Å²) in [6, 6.07) is 21.4. The van der Waals surface area contributed by atoms with Crippen LogP contribution in [0.2, 0.25) is 5.02 Å². The Morgan fingerprint density at radius 3 is 2.47 bits per heavy atom. The first-order chi connectivity index (χ1) is 18.4. The number of nitrogens with zero attached hydrogens (tertiary/aromatic N) is 4. The summed E-state index contributed by atoms with van der Waals surface area (Å²) >= 11 is 6.10. The Balaban J connectivity index is 0.000000515. The topological polar surface area (TPSA) is 107 Å². The largest absolute Gasteiger partial charge is 0.489 e. The Labute approximate surface area is 228 Å². The number of nitrogens with two attached hydrogens (primary N) is 1. The van der Waals surface area contributed by atoms with E-state index >= 15 is 0 Å². The van der Waals surface area contributed by atoms with Crippen molar-refractivity contribution in [2.24, 2.45) is 4.99 Å². The van der Waals surface area contributed by atoms with Gasteiger partial charge in [-0.2, -0.15) is 0 Å². The van der Waals surface area contributed by atoms with E-state index in [0.717, 1.165) is 64.0 Å². The number of carbonyl (C=O) groups is 1. The molecule has 0 unspecified atom stereocenters. The number of aldehydes is 1. The number of carbonyl (C=O) groups excluding carboxylic acids is 1. The maximum atomic E-state index is 8.81. The molecule has 0 radical (unpaired) electrons. The van der Waals surface area contributed by atoms with Gasteiger partial charge in [-0.3, -0.25) is 9.56 Å². The van der Waals surface area contributed by atoms with Crippen molar-refractivity contribution in [2.75, 3.05) is 19.3 Å². The third-order valence-corrected chi connectivity index (χ3v) is 5.81. The molecule has 1 aromatic heterocycles. The minimum Gasteiger partial charge on any atom is -0.489 e. The van der Waals surface area contributed by atoms with Crippen LogP contribution in [-0.2, 0) is 17.9 Å². The molecule has 1 aliphatic heterocycles. The third kappa shape index (κ3) is 7.27. The average molecular weight is 533 g/mol. The van der Waals surface area contributed by atoms with Gasteiger partial charge < -0.3 is 20.6 Å². The van der Waals surface area contributed by atoms with Crippen LogP contribution >= 0.6 is 11.6 Å². The van der Waals surface area contributed by atoms with E-state index in [9.17, 15) is 0 Å². The van der Waals surface area contributed by atoms with Gasteiger partial charge in [-0.25, -0.2) is 0 Å². The molecule has 8 nitrogen and oxygen atoms in total. The van der Waals surface area contributed by atoms with Crippen molar-refractivity contribution in [2.45, 2.75) is 33.9 Å². The Kier molecular flexibility index (Phi) is 10.6. The Morgan fingerprint density at radius 1 is 1.11 bits per heavy atom. The van der Waals surface area contributed by atoms with Gasteiger partial charge in [0.25, 0.3) is 0 Å². The number of halogens is 1. The van der Waals surface area contributed by atoms with Crippen LogP contribution < -0.4 is 15.8 Å². The molecule has 0 aliphatic carbocycles. The minimum atomic E-state index is 0.425. The van der Waals surface area contributed by atoms with Crippen molar-refractivity contribution < 1.29 is 9.53 Å². The number of fused-ring (bicyclic) bond motifs is 3. The van der Waals surface area contributed by atoms with Gasteiger partial charge in [0.1, 0.15) is 31.0 Å². The molecule has 0 saturated heterocycles. The zero-order valence-electron chi connectivity index (χ0n) is 22.1. The van der Waals surface area contributed by atoms with Crippen molar-refractivity contribution in [3.63, 3.8) is 0 Å². The molecule has 2 heterocycles. The van der Waals surface area contributed by atoms with Crippen molar-refractivity contribution in [3.8, 4) is 11.4 Å². The van der Waals surface area contributed by atoms with Gasteiger partial charge in [-0.1, -0.05) is 42.8 Å². The smallest absolute Gasteiger partial charge is 0.159 e. The molecule has 0 saturated carbocycles. The zero-order chi connectivity index (χ0) is 27.5. The maximum absolute atomic E-state index is 8.81. The fourth-order valence-corrected chi connectivity index (χ4v) is 3.88. The second-order valence-electron chi connectivity index (χ2n) is 8.33. The Morgan fingerprint density at radius 2 is 1.82 bits per heavy atom. The summed E-state index contributed by atoms with van der Waals surface area (Å²) in [7, 11) is 1.93. The molecule has 3 aromatic carbocycles. The lowest BCUT2D eigenvalue weighted by Crippen LogP contribution is -2.09. The number of hydrogen-bond acceptors (Lipinski definition) is 7. The Bertz CT molecular complexity index is 1380. The molecular formula is C29H33ClN6O2. The molecule has 5 rings (SSSR count). The summed E-state index contributed by atoms with van der Waals surface area (Å²) in [5.74, 6) is 2.37. The van der Waals surface area contributed by atoms with Gasteiger partial charge in [-0.15, -0.1) is 10.2 Å². The van der Waals surface area contributed by atoms with Crippen LogP contribution in [0.1, 0.15) is 42.2 Å². The number of rotatable bonds is 5. The van der Waals surface area contributed by atoms with E-state index in [1.165, 1.54) is 6.92 Å². The van der Waals surface area contributed by atoms with E-state index in [2.05, 4.69) is 22.4 Å². The molecule has 3 N–H and O–H groups in total. The molecule has 0 amide bonds. The van der Waals surface area contributed by atoms with E-state index in [-0.39, 0.29) is 0 Å². The van der Waals surface area contributed by atoms with Crippen LogP contribution in [0.4, 0.5) is 5.69 Å². The summed E-state index contributed by atoms with van der Waals surface area (Å²) in [6.45, 7) is 7.39. The minimum absolute atomic E-state index is 0.425. The number of aryl methyl sites for hydroxylation is 1. The van der Waals surface area contributed by atoms with Crippen LogP contribution in [0.5, 0.6) is 5.75 Å². The van der Waals surface area contributed by atoms with Crippen molar-refractivity contribution in [1.29, 1.82) is 0 Å². The lowest BCUT2D eigenvalue weighted by atomic mass is 10.00. The summed E-state index contributed by atoms with van der Waals surface area (Å²) in [5, 5.41) is 12.2. The number of aliphatic imine (C=N–C) groups is 1. The molecule has 0 atom stereocenters. The number of aromatic nitrogens is 3. The molecular weight excluding hydrogens is 500 g/mol. The van der Waals surface area contributed by atoms with Gasteiger partial charge in [0.2, 0.25) is 0 Å². The first-order valence-electron chi connectivity index (χ1n) is 12.3. The quantitative estimate of drug-likeness (QED) is 0.271. The van der Waals surface area contributed by atoms with Gasteiger partial charge in [-0.05, 0) is 75.5 Å². The highest BCUT2D eigenvalue weighted by Crippen LogP contribution is 2.29. The first-order valence-corrected chi connectivity index (χ1v) is 12.7. The molecule has 198 valence electrons. The molecule has 9 heteroatoms. The van der Waals surface area contributed by atoms with E-state index in [0.29, 0.717) is 18.2 Å². The van der Waals surface area contributed by atoms with Crippen molar-refractivity contribution >= 4 is 29.3 Å². The lowest BCUT2D eigenvalue weighted by molar-refractivity contribution is -0.106. The monoisotopic (exact) mass is 532 g/mol. The molecule has 4 aromatic rings. The maximum Gasteiger partial charge on any atom is 0.159 e. The molecule has 0 bridgehead atoms. The molecule has 0 fully saturated rings. The van der Waals surface area contributed by atoms with Crippen LogP contribution in [0.25, 0.3) is 5.69 Å². The standard InChI is InChI=1S/C24H20ClN5O.C3H9N.C2H4O/c1-15-28-29-23-13-27-24(17-5-7-18(25)8-6-17)21-12-20(9-10-22(21)30(15)23)31-14-16-3-2-4-19(26)11-16;1-3-4-2;1-2-3/h2-12H,13-14,26H2,1H3;4H,3H2,1-2H3;2H,1H3. The van der Waals surface area contributed by atoms with Gasteiger partial charge >= 0.3 is 0 Å². The van der Waals surface area contributed by atoms with Crippen LogP contribution in [0.3, 0.4) is 0 Å². The van der Waals surface area contributed by atoms with Gasteiger partial charge in [0.05, 0.1) is 11.4 Å². The van der Waals surface area contributed by atoms with E-state index < -0.39 is 0 Å². The van der Waals surface area contributed by atoms with Crippen LogP contribution in [0.15, 0.2) is 71.7 Å². The highest BCUT2D eigenvalue weighted by atomic mass is 35.5. The van der Waals surface area contributed by atoms with Crippen LogP contribution in [0, 0.1) is 6.92 Å². The van der Waals surface area contributed by atoms with Gasteiger partial charge in [0.15, 0.2) is 5.82 Å². The summed E-state index contributed by atoms with van der Waals surface area (Å²) in [4.78, 5) is 13.7. The van der Waals surface area contributed by atoms with E-state index in [1.54, 1.807) is 0 Å². The predicted molar refractivity (Wildman–Crippen MR) is 153 cm³/mol. The fourth-order valence-electron chi connectivity index (χ4n) is 3.75. The molecule has 38 heavy (non-hydrogen) atoms. The van der Waals surface area contributed by atoms with Crippen molar-refractivity contribution in [1.82, 2.24) is 20.1 Å². The lowest BCUT2D eigenvalue weighted by Gasteiger charge is -2.15. The van der Waals surface area contributed by atoms with Crippen molar-refractivity contribution in [3.05, 3.63) is 100 Å². The Hall–Kier alpha value is -4.01. The summed E-state index contributed by atoms with van der Waals surface area (Å²) < 4.78 is 8.13. The van der Waals surface area contributed by atoms with Gasteiger partial charge in [0, 0.05) is 21.8 Å². The predicted octanol–water partition coefficient (Wildman–Crippen LogP) is 5.17. The normalized spacial score (nSPS) is 11.3. The third-order valence-electron chi connectivity index (χ3n) is 5.56. The number of ether oxygens (including phenoxy) is 1. The summed E-state index contributed by atoms with van der Waals surface area (Å²) in [5.41, 5.74) is 11.4. The van der Waals surface area contributed by atoms with Crippen LogP contribution in [-0.4, -0.2) is 40.4 Å². The number of nitrogens with one attached hydrogen (secondary N) is 1. The van der Waals surface area contributed by atoms with E-state index in [4.69, 9.17) is 31.9 Å². The highest BCUT2D eigenvalue weighted by Gasteiger charge is 2.22. The zero-order valence-corrected chi connectivity index (χ0v) is 22.9. The SMILES string of the molecule is CC=O.CCNC.Cc1nnc2n1-c1ccc(OCc3cccc(N)c3)cc1C(c1ccc(Cl)cc1)=NC2. The number of benzene rings is 3. The second-order valence-corrected chi connectivity index (χ2v) is 8.76. The fraction of sp³-hybridized carbons (Fsp3) is 0.241. The average Bonchev–Trinajstić information content (AvgIpc) is 3.20. The second kappa shape index (κ2) is 14.1.